The fourth-order valence-corrected chi connectivity index (χ4v) is 3.29. The third kappa shape index (κ3) is 3.25. The summed E-state index contributed by atoms with van der Waals surface area (Å²) in [5.41, 5.74) is 6.36. The lowest BCUT2D eigenvalue weighted by Gasteiger charge is -2.09. The van der Waals surface area contributed by atoms with Gasteiger partial charge in [0, 0.05) is 35.0 Å². The molecule has 0 saturated heterocycles. The largest absolute Gasteiger partial charge is 0.366 e. The van der Waals surface area contributed by atoms with Crippen LogP contribution < -0.4 is 10.6 Å². The number of aromatic nitrogens is 5. The molecule has 28 heavy (non-hydrogen) atoms. The molecule has 0 fully saturated rings. The number of aryl methyl sites for hydroxylation is 1. The number of aromatic amines is 2. The minimum Gasteiger partial charge on any atom is -0.366 e. The van der Waals surface area contributed by atoms with Gasteiger partial charge < -0.3 is 20.6 Å². The lowest BCUT2D eigenvalue weighted by atomic mass is 10.2. The molecule has 0 atom stereocenters. The van der Waals surface area contributed by atoms with Gasteiger partial charge in [0.05, 0.1) is 17.4 Å². The van der Waals surface area contributed by atoms with E-state index < -0.39 is 0 Å². The van der Waals surface area contributed by atoms with Crippen LogP contribution >= 0.6 is 0 Å². The van der Waals surface area contributed by atoms with Gasteiger partial charge >= 0.3 is 0 Å². The molecule has 0 saturated carbocycles. The van der Waals surface area contributed by atoms with Crippen molar-refractivity contribution in [2.45, 2.75) is 13.5 Å². The lowest BCUT2D eigenvalue weighted by molar-refractivity contribution is 1.09. The second kappa shape index (κ2) is 6.70. The third-order valence-corrected chi connectivity index (χ3v) is 4.63. The summed E-state index contributed by atoms with van der Waals surface area (Å²) < 4.78 is 0. The van der Waals surface area contributed by atoms with Crippen LogP contribution in [0.15, 0.2) is 61.1 Å². The molecule has 3 aromatic heterocycles. The first kappa shape index (κ1) is 16.3. The van der Waals surface area contributed by atoms with Gasteiger partial charge in [-0.3, -0.25) is 0 Å². The number of H-pyrrole nitrogens is 2. The van der Waals surface area contributed by atoms with Gasteiger partial charge in [0.15, 0.2) is 0 Å². The normalized spacial score (nSPS) is 11.2. The molecule has 138 valence electrons. The van der Waals surface area contributed by atoms with Crippen LogP contribution in [0.4, 0.5) is 17.5 Å². The molecular formula is C21H19N7. The molecule has 7 heteroatoms. The summed E-state index contributed by atoms with van der Waals surface area (Å²) in [6.45, 7) is 2.72. The smallest absolute Gasteiger partial charge is 0.229 e. The van der Waals surface area contributed by atoms with E-state index >= 15 is 0 Å². The van der Waals surface area contributed by atoms with E-state index in [1.165, 1.54) is 0 Å². The number of imidazole rings is 1. The monoisotopic (exact) mass is 369 g/mol. The van der Waals surface area contributed by atoms with Crippen molar-refractivity contribution >= 4 is 39.4 Å². The minimum absolute atomic E-state index is 0.556. The van der Waals surface area contributed by atoms with E-state index in [0.29, 0.717) is 12.5 Å². The van der Waals surface area contributed by atoms with Gasteiger partial charge in [0.2, 0.25) is 5.95 Å². The average Bonchev–Trinajstić information content (AvgIpc) is 3.31. The molecule has 0 aliphatic rings. The van der Waals surface area contributed by atoms with Gasteiger partial charge in [-0.1, -0.05) is 6.07 Å². The highest BCUT2D eigenvalue weighted by molar-refractivity contribution is 5.84. The van der Waals surface area contributed by atoms with Gasteiger partial charge in [-0.25, -0.2) is 9.97 Å². The molecule has 0 aliphatic carbocycles. The van der Waals surface area contributed by atoms with Crippen molar-refractivity contribution in [3.8, 4) is 0 Å². The fraction of sp³-hybridized carbons (Fsp3) is 0.0952. The first-order valence-corrected chi connectivity index (χ1v) is 9.08. The topological polar surface area (TPSA) is 94.3 Å². The average molecular weight is 369 g/mol. The standard InChI is InChI=1S/C21H19N7/c1-13-8-15-10-16(3-5-17(15)26-13)27-21-22-7-6-20(28-21)23-11-14-2-4-18-19(9-14)25-12-24-18/h2-10,12,26H,11H2,1H3,(H,24,25)(H2,22,23,27,28). The van der Waals surface area contributed by atoms with Gasteiger partial charge in [0.1, 0.15) is 5.82 Å². The van der Waals surface area contributed by atoms with E-state index in [1.54, 1.807) is 12.5 Å². The Kier molecular flexibility index (Phi) is 3.90. The van der Waals surface area contributed by atoms with E-state index in [4.69, 9.17) is 0 Å². The first-order chi connectivity index (χ1) is 13.7. The van der Waals surface area contributed by atoms with Gasteiger partial charge in [-0.15, -0.1) is 0 Å². The van der Waals surface area contributed by atoms with Crippen molar-refractivity contribution in [3.63, 3.8) is 0 Å². The van der Waals surface area contributed by atoms with E-state index in [2.05, 4.69) is 72.8 Å². The second-order valence-electron chi connectivity index (χ2n) is 6.75. The van der Waals surface area contributed by atoms with Crippen molar-refractivity contribution < 1.29 is 0 Å². The molecule has 0 spiro atoms. The highest BCUT2D eigenvalue weighted by Gasteiger charge is 2.04. The SMILES string of the molecule is Cc1cc2cc(Nc3nccc(NCc4ccc5nc[nH]c5c4)n3)ccc2[nH]1. The zero-order valence-corrected chi connectivity index (χ0v) is 15.3. The van der Waals surface area contributed by atoms with Crippen LogP contribution in [0.25, 0.3) is 21.9 Å². The van der Waals surface area contributed by atoms with E-state index in [9.17, 15) is 0 Å². The summed E-state index contributed by atoms with van der Waals surface area (Å²) in [6, 6.07) is 16.3. The van der Waals surface area contributed by atoms with Crippen molar-refractivity contribution in [1.29, 1.82) is 0 Å². The van der Waals surface area contributed by atoms with Crippen LogP contribution in [-0.2, 0) is 6.54 Å². The van der Waals surface area contributed by atoms with Gasteiger partial charge in [0.25, 0.3) is 0 Å². The lowest BCUT2D eigenvalue weighted by Crippen LogP contribution is -2.04. The molecular weight excluding hydrogens is 350 g/mol. The molecule has 2 aromatic carbocycles. The molecule has 5 rings (SSSR count). The van der Waals surface area contributed by atoms with Crippen molar-refractivity contribution in [2.75, 3.05) is 10.6 Å². The van der Waals surface area contributed by atoms with Crippen LogP contribution in [0.2, 0.25) is 0 Å². The summed E-state index contributed by atoms with van der Waals surface area (Å²) in [5.74, 6) is 1.32. The molecule has 5 aromatic rings. The van der Waals surface area contributed by atoms with Crippen molar-refractivity contribution in [1.82, 2.24) is 24.9 Å². The number of rotatable bonds is 5. The Morgan fingerprint density at radius 2 is 1.93 bits per heavy atom. The molecule has 0 unspecified atom stereocenters. The molecule has 4 N–H and O–H groups in total. The van der Waals surface area contributed by atoms with E-state index in [0.717, 1.165) is 44.7 Å². The number of hydrogen-bond donors (Lipinski definition) is 4. The number of nitrogens with zero attached hydrogens (tertiary/aromatic N) is 3. The number of benzene rings is 2. The second-order valence-corrected chi connectivity index (χ2v) is 6.75. The Morgan fingerprint density at radius 3 is 2.89 bits per heavy atom. The summed E-state index contributed by atoms with van der Waals surface area (Å²) in [4.78, 5) is 19.6. The van der Waals surface area contributed by atoms with Crippen LogP contribution in [0.3, 0.4) is 0 Å². The molecule has 7 nitrogen and oxygen atoms in total. The predicted molar refractivity (Wildman–Crippen MR) is 112 cm³/mol. The van der Waals surface area contributed by atoms with E-state index in [-0.39, 0.29) is 0 Å². The zero-order chi connectivity index (χ0) is 18.9. The van der Waals surface area contributed by atoms with E-state index in [1.807, 2.05) is 18.2 Å². The Hall–Kier alpha value is -3.87. The van der Waals surface area contributed by atoms with Crippen LogP contribution in [-0.4, -0.2) is 24.9 Å². The fourth-order valence-electron chi connectivity index (χ4n) is 3.29. The molecule has 0 bridgehead atoms. The van der Waals surface area contributed by atoms with Crippen LogP contribution in [0.5, 0.6) is 0 Å². The summed E-state index contributed by atoms with van der Waals surface area (Å²) in [7, 11) is 0. The summed E-state index contributed by atoms with van der Waals surface area (Å²) in [5, 5.41) is 7.78. The Bertz CT molecular complexity index is 1270. The zero-order valence-electron chi connectivity index (χ0n) is 15.3. The molecule has 0 radical (unpaired) electrons. The molecule has 0 amide bonds. The van der Waals surface area contributed by atoms with Gasteiger partial charge in [-0.2, -0.15) is 4.98 Å². The first-order valence-electron chi connectivity index (χ1n) is 9.08. The highest BCUT2D eigenvalue weighted by atomic mass is 15.1. The maximum atomic E-state index is 4.56. The van der Waals surface area contributed by atoms with Crippen molar-refractivity contribution in [3.05, 3.63) is 72.3 Å². The number of fused-ring (bicyclic) bond motifs is 2. The maximum absolute atomic E-state index is 4.56. The molecule has 0 aliphatic heterocycles. The Labute approximate surface area is 161 Å². The predicted octanol–water partition coefficient (Wildman–Crippen LogP) is 4.50. The van der Waals surface area contributed by atoms with Crippen LogP contribution in [0, 0.1) is 6.92 Å². The summed E-state index contributed by atoms with van der Waals surface area (Å²) in [6.07, 6.45) is 3.45. The molecule has 3 heterocycles. The Morgan fingerprint density at radius 1 is 0.964 bits per heavy atom. The third-order valence-electron chi connectivity index (χ3n) is 4.63. The quantitative estimate of drug-likeness (QED) is 0.366. The Balaban J connectivity index is 1.30. The number of anilines is 3. The number of hydrogen-bond acceptors (Lipinski definition) is 5. The maximum Gasteiger partial charge on any atom is 0.229 e. The highest BCUT2D eigenvalue weighted by Crippen LogP contribution is 2.22. The number of nitrogens with one attached hydrogen (secondary N) is 4. The summed E-state index contributed by atoms with van der Waals surface area (Å²) >= 11 is 0. The van der Waals surface area contributed by atoms with Gasteiger partial charge in [-0.05, 0) is 55.0 Å². The minimum atomic E-state index is 0.556. The van der Waals surface area contributed by atoms with Crippen LogP contribution in [0.1, 0.15) is 11.3 Å². The van der Waals surface area contributed by atoms with Crippen molar-refractivity contribution in [2.24, 2.45) is 0 Å².